The Morgan fingerprint density at radius 2 is 1.88 bits per heavy atom. The van der Waals surface area contributed by atoms with Crippen molar-refractivity contribution in [2.45, 2.75) is 53.4 Å². The number of nitrogens with zero attached hydrogens (tertiary/aromatic N) is 1. The molecule has 94 valence electrons. The maximum Gasteiger partial charge on any atom is 0.123 e. The van der Waals surface area contributed by atoms with Crippen molar-refractivity contribution in [3.05, 3.63) is 0 Å². The van der Waals surface area contributed by atoms with Gasteiger partial charge in [-0.05, 0) is 37.6 Å². The highest BCUT2D eigenvalue weighted by molar-refractivity contribution is 7.96. The van der Waals surface area contributed by atoms with E-state index in [4.69, 9.17) is 5.26 Å². The molecule has 0 aromatic heterocycles. The lowest BCUT2D eigenvalue weighted by Gasteiger charge is -2.15. The summed E-state index contributed by atoms with van der Waals surface area (Å²) in [6, 6.07) is 2.37. The van der Waals surface area contributed by atoms with E-state index >= 15 is 0 Å². The Bertz CT molecular complexity index is 197. The van der Waals surface area contributed by atoms with Crippen molar-refractivity contribution < 1.29 is 0 Å². The first-order valence-corrected chi connectivity index (χ1v) is 8.44. The van der Waals surface area contributed by atoms with Crippen molar-refractivity contribution in [3.8, 4) is 6.07 Å². The molecule has 1 unspecified atom stereocenters. The van der Waals surface area contributed by atoms with Crippen LogP contribution in [0.25, 0.3) is 0 Å². The highest BCUT2D eigenvalue weighted by atomic mass is 32.2. The molecule has 0 aromatic carbocycles. The van der Waals surface area contributed by atoms with Crippen molar-refractivity contribution in [1.82, 2.24) is 0 Å². The molecular formula is C14H28NS+. The van der Waals surface area contributed by atoms with E-state index in [2.05, 4.69) is 33.8 Å². The fraction of sp³-hybridized carbons (Fsp3) is 0.929. The van der Waals surface area contributed by atoms with Gasteiger partial charge in [-0.3, -0.25) is 0 Å². The van der Waals surface area contributed by atoms with Crippen LogP contribution in [-0.4, -0.2) is 17.3 Å². The van der Waals surface area contributed by atoms with E-state index in [1.807, 2.05) is 0 Å². The van der Waals surface area contributed by atoms with Crippen LogP contribution in [0.2, 0.25) is 0 Å². The Balaban J connectivity index is 4.01. The van der Waals surface area contributed by atoms with Crippen LogP contribution in [0.1, 0.15) is 53.4 Å². The lowest BCUT2D eigenvalue weighted by Crippen LogP contribution is -2.24. The molecule has 0 fully saturated rings. The molecule has 0 aromatic rings. The van der Waals surface area contributed by atoms with E-state index in [0.29, 0.717) is 10.9 Å². The van der Waals surface area contributed by atoms with Crippen LogP contribution in [0.15, 0.2) is 0 Å². The molecule has 1 nitrogen and oxygen atoms in total. The lowest BCUT2D eigenvalue weighted by molar-refractivity contribution is 0.497. The van der Waals surface area contributed by atoms with Gasteiger partial charge in [-0.1, -0.05) is 26.7 Å². The summed E-state index contributed by atoms with van der Waals surface area (Å²) in [6.45, 7) is 8.91. The van der Waals surface area contributed by atoms with Crippen LogP contribution < -0.4 is 0 Å². The first-order chi connectivity index (χ1) is 7.67. The molecule has 16 heavy (non-hydrogen) atoms. The summed E-state index contributed by atoms with van der Waals surface area (Å²) < 4.78 is 0. The normalized spacial score (nSPS) is 16.4. The van der Waals surface area contributed by atoms with Gasteiger partial charge in [0.05, 0.1) is 12.0 Å². The molecule has 0 amide bonds. The van der Waals surface area contributed by atoms with Crippen LogP contribution in [0, 0.1) is 23.2 Å². The van der Waals surface area contributed by atoms with Gasteiger partial charge in [0.15, 0.2) is 0 Å². The molecule has 0 radical (unpaired) electrons. The lowest BCUT2D eigenvalue weighted by atomic mass is 10.0. The maximum absolute atomic E-state index is 8.87. The topological polar surface area (TPSA) is 23.8 Å². The number of hydrogen-bond donors (Lipinski definition) is 0. The largest absolute Gasteiger partial charge is 0.198 e. The molecule has 0 saturated heterocycles. The third-order valence-corrected chi connectivity index (χ3v) is 5.86. The zero-order chi connectivity index (χ0) is 12.4. The zero-order valence-corrected chi connectivity index (χ0v) is 12.3. The van der Waals surface area contributed by atoms with Crippen molar-refractivity contribution in [1.29, 1.82) is 5.26 Å². The average Bonchev–Trinajstić information content (AvgIpc) is 2.32. The monoisotopic (exact) mass is 242 g/mol. The van der Waals surface area contributed by atoms with Gasteiger partial charge in [0.25, 0.3) is 0 Å². The van der Waals surface area contributed by atoms with Crippen LogP contribution >= 0.6 is 0 Å². The fourth-order valence-electron chi connectivity index (χ4n) is 1.93. The second-order valence-corrected chi connectivity index (χ2v) is 7.15. The second kappa shape index (κ2) is 10.0. The van der Waals surface area contributed by atoms with Gasteiger partial charge >= 0.3 is 0 Å². The number of hydrogen-bond acceptors (Lipinski definition) is 1. The molecule has 0 N–H and O–H groups in total. The van der Waals surface area contributed by atoms with Crippen LogP contribution in [-0.2, 0) is 10.9 Å². The van der Waals surface area contributed by atoms with E-state index in [-0.39, 0.29) is 5.92 Å². The van der Waals surface area contributed by atoms with E-state index in [9.17, 15) is 0 Å². The van der Waals surface area contributed by atoms with Gasteiger partial charge in [-0.25, -0.2) is 0 Å². The summed E-state index contributed by atoms with van der Waals surface area (Å²) in [5, 5.41) is 8.87. The first kappa shape index (κ1) is 15.8. The van der Waals surface area contributed by atoms with Gasteiger partial charge in [0.1, 0.15) is 17.3 Å². The van der Waals surface area contributed by atoms with E-state index in [1.54, 1.807) is 0 Å². The van der Waals surface area contributed by atoms with Gasteiger partial charge in [-0.2, -0.15) is 5.26 Å². The smallest absolute Gasteiger partial charge is 0.123 e. The minimum absolute atomic E-state index is 0.243. The van der Waals surface area contributed by atoms with Gasteiger partial charge in [0, 0.05) is 5.92 Å². The Hall–Kier alpha value is -0.160. The number of rotatable bonds is 9. The Labute approximate surface area is 105 Å². The molecule has 0 heterocycles. The molecule has 0 bridgehead atoms. The third-order valence-electron chi connectivity index (χ3n) is 3.13. The Morgan fingerprint density at radius 1 is 1.19 bits per heavy atom. The molecule has 0 aliphatic heterocycles. The van der Waals surface area contributed by atoms with Gasteiger partial charge < -0.3 is 0 Å². The predicted molar refractivity (Wildman–Crippen MR) is 75.7 cm³/mol. The van der Waals surface area contributed by atoms with Crippen molar-refractivity contribution in [2.24, 2.45) is 11.8 Å². The Kier molecular flexibility index (Phi) is 9.92. The average molecular weight is 242 g/mol. The summed E-state index contributed by atoms with van der Waals surface area (Å²) in [5.41, 5.74) is 0. The minimum Gasteiger partial charge on any atom is -0.198 e. The molecule has 0 rings (SSSR count). The summed E-state index contributed by atoms with van der Waals surface area (Å²) >= 11 is 0. The predicted octanol–water partition coefficient (Wildman–Crippen LogP) is 4.00. The van der Waals surface area contributed by atoms with E-state index < -0.39 is 0 Å². The zero-order valence-electron chi connectivity index (χ0n) is 11.5. The van der Waals surface area contributed by atoms with E-state index in [0.717, 1.165) is 11.7 Å². The molecular weight excluding hydrogens is 214 g/mol. The summed E-state index contributed by atoms with van der Waals surface area (Å²) in [6.07, 6.45) is 5.38. The molecule has 3 atom stereocenters. The summed E-state index contributed by atoms with van der Waals surface area (Å²) in [7, 11) is 0.483. The van der Waals surface area contributed by atoms with Crippen molar-refractivity contribution in [2.75, 3.05) is 17.3 Å². The quantitative estimate of drug-likeness (QED) is 0.561. The molecule has 0 aliphatic rings. The highest BCUT2D eigenvalue weighted by Crippen LogP contribution is 2.18. The fourth-order valence-corrected chi connectivity index (χ4v) is 4.38. The van der Waals surface area contributed by atoms with Crippen molar-refractivity contribution in [3.63, 3.8) is 0 Å². The number of unbranched alkanes of at least 4 members (excludes halogenated alkanes) is 1. The second-order valence-electron chi connectivity index (χ2n) is 4.68. The first-order valence-electron chi connectivity index (χ1n) is 6.71. The number of nitriles is 1. The van der Waals surface area contributed by atoms with E-state index in [1.165, 1.54) is 37.2 Å². The molecule has 2 heteroatoms. The Morgan fingerprint density at radius 3 is 2.31 bits per heavy atom. The molecule has 0 spiro atoms. The van der Waals surface area contributed by atoms with Crippen LogP contribution in [0.4, 0.5) is 0 Å². The highest BCUT2D eigenvalue weighted by Gasteiger charge is 2.23. The standard InChI is InChI=1S/C14H28NS/c1-5-8-9-14(6-2)12-16(7-3)11-13(4)10-15/h13-14H,5-9,11-12H2,1-4H3/q+1/t13-,14+,16?/m1/s1. The maximum atomic E-state index is 8.87. The summed E-state index contributed by atoms with van der Waals surface area (Å²) in [5.74, 6) is 4.88. The SMILES string of the molecule is CCCC[C@H](CC)C[S+](CC)C[C@H](C)C#N. The summed E-state index contributed by atoms with van der Waals surface area (Å²) in [4.78, 5) is 0. The third kappa shape index (κ3) is 7.17. The van der Waals surface area contributed by atoms with Crippen LogP contribution in [0.5, 0.6) is 0 Å². The molecule has 0 aliphatic carbocycles. The minimum atomic E-state index is 0.243. The van der Waals surface area contributed by atoms with Crippen molar-refractivity contribution >= 4 is 10.9 Å². The van der Waals surface area contributed by atoms with Gasteiger partial charge in [0.2, 0.25) is 0 Å². The van der Waals surface area contributed by atoms with Crippen LogP contribution in [0.3, 0.4) is 0 Å². The molecule has 0 saturated carbocycles. The van der Waals surface area contributed by atoms with Gasteiger partial charge in [-0.15, -0.1) is 0 Å².